The van der Waals surface area contributed by atoms with Gasteiger partial charge in [0.05, 0.1) is 22.4 Å². The summed E-state index contributed by atoms with van der Waals surface area (Å²) in [7, 11) is 0. The number of rotatable bonds is 4. The molecular formula is C46H28N2OS. The van der Waals surface area contributed by atoms with Crippen molar-refractivity contribution in [1.82, 2.24) is 4.57 Å². The van der Waals surface area contributed by atoms with E-state index in [1.165, 1.54) is 52.8 Å². The van der Waals surface area contributed by atoms with Crippen LogP contribution in [0.25, 0.3) is 80.4 Å². The van der Waals surface area contributed by atoms with Crippen LogP contribution in [-0.2, 0) is 0 Å². The van der Waals surface area contributed by atoms with Crippen molar-refractivity contribution >= 4 is 103 Å². The molecule has 0 fully saturated rings. The maximum absolute atomic E-state index is 6.48. The van der Waals surface area contributed by atoms with Gasteiger partial charge in [0.2, 0.25) is 0 Å². The highest BCUT2D eigenvalue weighted by Gasteiger charge is 2.24. The van der Waals surface area contributed by atoms with Gasteiger partial charge < -0.3 is 13.9 Å². The van der Waals surface area contributed by atoms with Crippen molar-refractivity contribution in [2.24, 2.45) is 0 Å². The van der Waals surface area contributed by atoms with E-state index in [0.29, 0.717) is 0 Å². The van der Waals surface area contributed by atoms with Crippen LogP contribution in [0.15, 0.2) is 174 Å². The van der Waals surface area contributed by atoms with Crippen molar-refractivity contribution in [1.29, 1.82) is 0 Å². The SMILES string of the molecule is c1ccc(-n2c3ccccc3c3c(N(c4ccc5oc6ccc7ccccc7c6c5c4)c4cccc5sc6ccccc6c45)cccc32)cc1. The van der Waals surface area contributed by atoms with Crippen molar-refractivity contribution in [3.05, 3.63) is 170 Å². The van der Waals surface area contributed by atoms with Gasteiger partial charge in [-0.1, -0.05) is 97.1 Å². The number of anilines is 3. The molecule has 0 aliphatic carbocycles. The predicted molar refractivity (Wildman–Crippen MR) is 213 cm³/mol. The number of para-hydroxylation sites is 2. The molecule has 0 unspecified atom stereocenters. The first-order valence-corrected chi connectivity index (χ1v) is 17.8. The van der Waals surface area contributed by atoms with E-state index in [1.807, 2.05) is 11.3 Å². The number of aromatic nitrogens is 1. The lowest BCUT2D eigenvalue weighted by molar-refractivity contribution is 0.669. The molecule has 0 amide bonds. The van der Waals surface area contributed by atoms with Crippen molar-refractivity contribution in [2.75, 3.05) is 4.90 Å². The summed E-state index contributed by atoms with van der Waals surface area (Å²) in [4.78, 5) is 2.48. The van der Waals surface area contributed by atoms with Gasteiger partial charge in [-0.3, -0.25) is 0 Å². The highest BCUT2D eigenvalue weighted by molar-refractivity contribution is 7.26. The third kappa shape index (κ3) is 3.91. The van der Waals surface area contributed by atoms with Gasteiger partial charge in [0.1, 0.15) is 11.2 Å². The van der Waals surface area contributed by atoms with E-state index in [2.05, 4.69) is 179 Å². The lowest BCUT2D eigenvalue weighted by Gasteiger charge is -2.27. The standard InChI is InChI=1S/C46H28N2OS/c1-2-13-30(14-3-1)47-36-18-8-6-16-33(36)45-37(47)19-10-20-38(45)48(39-21-11-23-43-46(39)34-17-7-9-22-42(34)50-43)31-25-27-40-35(28-31)44-32-15-5-4-12-29(32)24-26-41(44)49-40/h1-28H. The lowest BCUT2D eigenvalue weighted by Crippen LogP contribution is -2.10. The first kappa shape index (κ1) is 27.6. The Labute approximate surface area is 291 Å². The van der Waals surface area contributed by atoms with Crippen LogP contribution in [0.3, 0.4) is 0 Å². The van der Waals surface area contributed by atoms with E-state index in [9.17, 15) is 0 Å². The fraction of sp³-hybridized carbons (Fsp3) is 0. The summed E-state index contributed by atoms with van der Waals surface area (Å²) in [6, 6.07) is 61.3. The lowest BCUT2D eigenvalue weighted by atomic mass is 10.0. The number of fused-ring (bicyclic) bond motifs is 11. The third-order valence-electron chi connectivity index (χ3n) is 10.2. The molecule has 0 bridgehead atoms. The van der Waals surface area contributed by atoms with E-state index in [4.69, 9.17) is 4.42 Å². The van der Waals surface area contributed by atoms with Gasteiger partial charge in [-0.2, -0.15) is 0 Å². The van der Waals surface area contributed by atoms with Crippen LogP contribution in [0, 0.1) is 0 Å². The normalized spacial score (nSPS) is 12.0. The van der Waals surface area contributed by atoms with Crippen molar-refractivity contribution in [3.63, 3.8) is 0 Å². The third-order valence-corrected chi connectivity index (χ3v) is 11.3. The Bertz CT molecular complexity index is 3110. The topological polar surface area (TPSA) is 21.3 Å². The number of thiophene rings is 1. The molecule has 0 radical (unpaired) electrons. The highest BCUT2D eigenvalue weighted by atomic mass is 32.1. The highest BCUT2D eigenvalue weighted by Crippen LogP contribution is 2.49. The molecule has 8 aromatic carbocycles. The summed E-state index contributed by atoms with van der Waals surface area (Å²) in [5.74, 6) is 0. The molecule has 3 heterocycles. The second kappa shape index (κ2) is 10.6. The van der Waals surface area contributed by atoms with E-state index < -0.39 is 0 Å². The Morgan fingerprint density at radius 3 is 2.02 bits per heavy atom. The van der Waals surface area contributed by atoms with Gasteiger partial charge in [-0.05, 0) is 83.6 Å². The molecule has 11 rings (SSSR count). The monoisotopic (exact) mass is 656 g/mol. The largest absolute Gasteiger partial charge is 0.456 e. The maximum atomic E-state index is 6.48. The molecule has 11 aromatic rings. The van der Waals surface area contributed by atoms with Crippen LogP contribution >= 0.6 is 11.3 Å². The van der Waals surface area contributed by atoms with Gasteiger partial charge >= 0.3 is 0 Å². The van der Waals surface area contributed by atoms with E-state index in [0.717, 1.165) is 44.7 Å². The minimum atomic E-state index is 0.887. The Morgan fingerprint density at radius 2 is 1.12 bits per heavy atom. The van der Waals surface area contributed by atoms with Crippen LogP contribution in [0.1, 0.15) is 0 Å². The van der Waals surface area contributed by atoms with E-state index in [-0.39, 0.29) is 0 Å². The molecule has 0 aliphatic rings. The molecule has 3 nitrogen and oxygen atoms in total. The first-order valence-electron chi connectivity index (χ1n) is 16.9. The van der Waals surface area contributed by atoms with Crippen LogP contribution in [0.4, 0.5) is 17.1 Å². The van der Waals surface area contributed by atoms with Crippen LogP contribution < -0.4 is 4.90 Å². The molecule has 0 N–H and O–H groups in total. The fourth-order valence-corrected chi connectivity index (χ4v) is 9.19. The Hall–Kier alpha value is -6.36. The van der Waals surface area contributed by atoms with Crippen molar-refractivity contribution < 1.29 is 4.42 Å². The summed E-state index contributed by atoms with van der Waals surface area (Å²) in [6.45, 7) is 0. The summed E-state index contributed by atoms with van der Waals surface area (Å²) in [5, 5.41) is 9.64. The molecule has 0 aliphatic heterocycles. The number of furan rings is 1. The Morgan fingerprint density at radius 1 is 0.440 bits per heavy atom. The molecule has 0 atom stereocenters. The smallest absolute Gasteiger partial charge is 0.136 e. The van der Waals surface area contributed by atoms with Gasteiger partial charge in [0, 0.05) is 53.1 Å². The zero-order chi connectivity index (χ0) is 32.8. The maximum Gasteiger partial charge on any atom is 0.136 e. The quantitative estimate of drug-likeness (QED) is 0.188. The second-order valence-electron chi connectivity index (χ2n) is 12.9. The van der Waals surface area contributed by atoms with Crippen LogP contribution in [0.5, 0.6) is 0 Å². The van der Waals surface area contributed by atoms with Crippen molar-refractivity contribution in [3.8, 4) is 5.69 Å². The van der Waals surface area contributed by atoms with Gasteiger partial charge in [0.15, 0.2) is 0 Å². The average Bonchev–Trinajstić information content (AvgIpc) is 3.85. The Kier molecular flexibility index (Phi) is 5.83. The molecule has 234 valence electrons. The average molecular weight is 657 g/mol. The molecule has 3 aromatic heterocycles. The summed E-state index contributed by atoms with van der Waals surface area (Å²) in [5.41, 5.74) is 8.66. The van der Waals surface area contributed by atoms with Gasteiger partial charge in [-0.15, -0.1) is 11.3 Å². The van der Waals surface area contributed by atoms with Crippen molar-refractivity contribution in [2.45, 2.75) is 0 Å². The Balaban J connectivity index is 1.28. The summed E-state index contributed by atoms with van der Waals surface area (Å²) in [6.07, 6.45) is 0. The first-order chi connectivity index (χ1) is 24.8. The molecule has 4 heteroatoms. The number of nitrogens with zero attached hydrogens (tertiary/aromatic N) is 2. The minimum Gasteiger partial charge on any atom is -0.456 e. The second-order valence-corrected chi connectivity index (χ2v) is 14.0. The van der Waals surface area contributed by atoms with Gasteiger partial charge in [-0.25, -0.2) is 0 Å². The number of benzene rings is 8. The zero-order valence-corrected chi connectivity index (χ0v) is 27.7. The molecule has 50 heavy (non-hydrogen) atoms. The molecular weight excluding hydrogens is 629 g/mol. The summed E-state index contributed by atoms with van der Waals surface area (Å²) < 4.78 is 11.4. The number of hydrogen-bond donors (Lipinski definition) is 0. The molecule has 0 spiro atoms. The van der Waals surface area contributed by atoms with E-state index in [1.54, 1.807) is 0 Å². The van der Waals surface area contributed by atoms with Crippen LogP contribution in [-0.4, -0.2) is 4.57 Å². The minimum absolute atomic E-state index is 0.887. The number of hydrogen-bond acceptors (Lipinski definition) is 3. The predicted octanol–water partition coefficient (Wildman–Crippen LogP) is 13.7. The van der Waals surface area contributed by atoms with Gasteiger partial charge in [0.25, 0.3) is 0 Å². The van der Waals surface area contributed by atoms with E-state index >= 15 is 0 Å². The fourth-order valence-electron chi connectivity index (χ4n) is 8.07. The molecule has 0 saturated heterocycles. The zero-order valence-electron chi connectivity index (χ0n) is 26.9. The molecule has 0 saturated carbocycles. The van der Waals surface area contributed by atoms with Crippen LogP contribution in [0.2, 0.25) is 0 Å². The summed E-state index contributed by atoms with van der Waals surface area (Å²) >= 11 is 1.85.